The third-order valence-corrected chi connectivity index (χ3v) is 5.80. The number of carbonyl (C=O) groups excluding carboxylic acids is 1. The van der Waals surface area contributed by atoms with Crippen LogP contribution in [0.5, 0.6) is 0 Å². The van der Waals surface area contributed by atoms with Crippen LogP contribution in [0.15, 0.2) is 0 Å². The maximum atomic E-state index is 11.8. The molecule has 1 aliphatic heterocycles. The van der Waals surface area contributed by atoms with Crippen molar-refractivity contribution in [2.75, 3.05) is 25.4 Å². The fraction of sp³-hybridized carbons (Fsp3) is 0.917. The summed E-state index contributed by atoms with van der Waals surface area (Å²) in [5.74, 6) is 0.508. The number of amides is 1. The number of sulfonamides is 1. The Morgan fingerprint density at radius 2 is 1.89 bits per heavy atom. The number of hydrogen-bond donors (Lipinski definition) is 1. The lowest BCUT2D eigenvalue weighted by atomic mass is 10.1. The van der Waals surface area contributed by atoms with Crippen LogP contribution in [0.2, 0.25) is 0 Å². The first-order chi connectivity index (χ1) is 8.59. The van der Waals surface area contributed by atoms with E-state index < -0.39 is 10.0 Å². The average molecular weight is 274 g/mol. The molecule has 0 radical (unpaired) electrons. The molecule has 0 aromatic heterocycles. The number of carbonyl (C=O) groups is 1. The second kappa shape index (κ2) is 6.02. The van der Waals surface area contributed by atoms with Crippen LogP contribution in [-0.2, 0) is 14.8 Å². The van der Waals surface area contributed by atoms with Crippen molar-refractivity contribution in [2.24, 2.45) is 5.92 Å². The second-order valence-corrected chi connectivity index (χ2v) is 7.28. The number of hydrogen-bond acceptors (Lipinski definition) is 3. The zero-order valence-corrected chi connectivity index (χ0v) is 11.5. The van der Waals surface area contributed by atoms with Gasteiger partial charge in [-0.05, 0) is 25.7 Å². The molecular weight excluding hydrogens is 252 g/mol. The molecule has 0 bridgehead atoms. The first kappa shape index (κ1) is 13.8. The van der Waals surface area contributed by atoms with Gasteiger partial charge in [0.1, 0.15) is 0 Å². The summed E-state index contributed by atoms with van der Waals surface area (Å²) in [6.07, 6.45) is 5.92. The van der Waals surface area contributed by atoms with Crippen LogP contribution in [0.25, 0.3) is 0 Å². The molecule has 1 N–H and O–H groups in total. The van der Waals surface area contributed by atoms with E-state index in [2.05, 4.69) is 5.32 Å². The Labute approximate surface area is 109 Å². The molecule has 2 aliphatic rings. The van der Waals surface area contributed by atoms with Gasteiger partial charge in [0.05, 0.1) is 5.75 Å². The molecule has 0 atom stereocenters. The molecule has 0 aromatic rings. The van der Waals surface area contributed by atoms with E-state index in [1.165, 1.54) is 4.31 Å². The molecule has 0 aromatic carbocycles. The van der Waals surface area contributed by atoms with Gasteiger partial charge in [0, 0.05) is 25.6 Å². The summed E-state index contributed by atoms with van der Waals surface area (Å²) < 4.78 is 25.0. The maximum absolute atomic E-state index is 11.8. The van der Waals surface area contributed by atoms with Gasteiger partial charge in [0.25, 0.3) is 0 Å². The summed E-state index contributed by atoms with van der Waals surface area (Å²) in [7, 11) is -3.06. The van der Waals surface area contributed by atoms with Gasteiger partial charge in [-0.25, -0.2) is 12.7 Å². The average Bonchev–Trinajstić information content (AvgIpc) is 2.84. The van der Waals surface area contributed by atoms with Gasteiger partial charge in [-0.2, -0.15) is 0 Å². The third-order valence-electron chi connectivity index (χ3n) is 3.84. The maximum Gasteiger partial charge on any atom is 0.223 e. The van der Waals surface area contributed by atoms with E-state index in [4.69, 9.17) is 0 Å². The zero-order chi connectivity index (χ0) is 13.0. The minimum Gasteiger partial charge on any atom is -0.355 e. The molecule has 18 heavy (non-hydrogen) atoms. The summed E-state index contributed by atoms with van der Waals surface area (Å²) in [5, 5.41) is 2.86. The Bertz CT molecular complexity index is 388. The number of nitrogens with zero attached hydrogens (tertiary/aromatic N) is 1. The van der Waals surface area contributed by atoms with Crippen LogP contribution in [0, 0.1) is 5.92 Å². The van der Waals surface area contributed by atoms with Crippen LogP contribution in [0.4, 0.5) is 0 Å². The molecule has 1 amide bonds. The summed E-state index contributed by atoms with van der Waals surface area (Å²) in [6.45, 7) is 1.46. The topological polar surface area (TPSA) is 66.5 Å². The lowest BCUT2D eigenvalue weighted by Crippen LogP contribution is -2.43. The fourth-order valence-electron chi connectivity index (χ4n) is 2.73. The van der Waals surface area contributed by atoms with Gasteiger partial charge in [-0.3, -0.25) is 4.79 Å². The Morgan fingerprint density at radius 3 is 2.56 bits per heavy atom. The number of rotatable bonds is 4. The van der Waals surface area contributed by atoms with E-state index in [9.17, 15) is 13.2 Å². The molecular formula is C12H22N2O3S. The van der Waals surface area contributed by atoms with Gasteiger partial charge in [0.2, 0.25) is 15.9 Å². The van der Waals surface area contributed by atoms with Gasteiger partial charge < -0.3 is 5.32 Å². The highest BCUT2D eigenvalue weighted by molar-refractivity contribution is 7.89. The van der Waals surface area contributed by atoms with Crippen molar-refractivity contribution < 1.29 is 13.2 Å². The molecule has 104 valence electrons. The van der Waals surface area contributed by atoms with Crippen LogP contribution in [0.1, 0.15) is 38.5 Å². The van der Waals surface area contributed by atoms with Crippen molar-refractivity contribution in [3.63, 3.8) is 0 Å². The van der Waals surface area contributed by atoms with E-state index in [1.54, 1.807) is 0 Å². The van der Waals surface area contributed by atoms with Crippen molar-refractivity contribution in [3.8, 4) is 0 Å². The molecule has 1 heterocycles. The SMILES string of the molecule is O=C(NCCN1CCCCS1(=O)=O)C1CCCC1. The molecule has 1 aliphatic carbocycles. The highest BCUT2D eigenvalue weighted by atomic mass is 32.2. The lowest BCUT2D eigenvalue weighted by Gasteiger charge is -2.26. The molecule has 6 heteroatoms. The van der Waals surface area contributed by atoms with Crippen molar-refractivity contribution in [1.29, 1.82) is 0 Å². The van der Waals surface area contributed by atoms with Crippen molar-refractivity contribution in [3.05, 3.63) is 0 Å². The van der Waals surface area contributed by atoms with Crippen molar-refractivity contribution in [2.45, 2.75) is 38.5 Å². The smallest absolute Gasteiger partial charge is 0.223 e. The summed E-state index contributed by atoms with van der Waals surface area (Å²) in [5.41, 5.74) is 0. The number of nitrogens with one attached hydrogen (secondary N) is 1. The monoisotopic (exact) mass is 274 g/mol. The van der Waals surface area contributed by atoms with Crippen LogP contribution in [-0.4, -0.2) is 44.0 Å². The predicted octanol–water partition coefficient (Wildman–Crippen LogP) is 0.718. The zero-order valence-electron chi connectivity index (χ0n) is 10.7. The molecule has 1 saturated carbocycles. The molecule has 5 nitrogen and oxygen atoms in total. The molecule has 1 saturated heterocycles. The fourth-order valence-corrected chi connectivity index (χ4v) is 4.33. The van der Waals surface area contributed by atoms with E-state index in [0.717, 1.165) is 38.5 Å². The van der Waals surface area contributed by atoms with E-state index in [-0.39, 0.29) is 17.6 Å². The highest BCUT2D eigenvalue weighted by Gasteiger charge is 2.26. The van der Waals surface area contributed by atoms with Gasteiger partial charge in [-0.15, -0.1) is 0 Å². The highest BCUT2D eigenvalue weighted by Crippen LogP contribution is 2.24. The largest absolute Gasteiger partial charge is 0.355 e. The van der Waals surface area contributed by atoms with Crippen LogP contribution in [0.3, 0.4) is 0 Å². The molecule has 2 fully saturated rings. The Balaban J connectivity index is 1.72. The van der Waals surface area contributed by atoms with E-state index >= 15 is 0 Å². The first-order valence-electron chi connectivity index (χ1n) is 6.85. The molecule has 2 rings (SSSR count). The quantitative estimate of drug-likeness (QED) is 0.821. The standard InChI is InChI=1S/C12H22N2O3S/c15-12(11-5-1-2-6-11)13-7-9-14-8-3-4-10-18(14,16)17/h11H,1-10H2,(H,13,15). The van der Waals surface area contributed by atoms with Gasteiger partial charge in [0.15, 0.2) is 0 Å². The van der Waals surface area contributed by atoms with Crippen LogP contribution < -0.4 is 5.32 Å². The first-order valence-corrected chi connectivity index (χ1v) is 8.46. The van der Waals surface area contributed by atoms with Crippen molar-refractivity contribution in [1.82, 2.24) is 9.62 Å². The summed E-state index contributed by atoms with van der Waals surface area (Å²) in [4.78, 5) is 11.8. The normalized spacial score (nSPS) is 25.1. The predicted molar refractivity (Wildman–Crippen MR) is 69.6 cm³/mol. The minimum absolute atomic E-state index is 0.0990. The van der Waals surface area contributed by atoms with E-state index in [0.29, 0.717) is 19.6 Å². The molecule has 0 unspecified atom stereocenters. The Kier molecular flexibility index (Phi) is 4.61. The Hall–Kier alpha value is -0.620. The molecule has 0 spiro atoms. The lowest BCUT2D eigenvalue weighted by molar-refractivity contribution is -0.124. The summed E-state index contributed by atoms with van der Waals surface area (Å²) in [6, 6.07) is 0. The summed E-state index contributed by atoms with van der Waals surface area (Å²) >= 11 is 0. The minimum atomic E-state index is -3.06. The second-order valence-electron chi connectivity index (χ2n) is 5.19. The van der Waals surface area contributed by atoms with Gasteiger partial charge >= 0.3 is 0 Å². The van der Waals surface area contributed by atoms with Crippen molar-refractivity contribution >= 4 is 15.9 Å². The Morgan fingerprint density at radius 1 is 1.17 bits per heavy atom. The van der Waals surface area contributed by atoms with E-state index in [1.807, 2.05) is 0 Å². The van der Waals surface area contributed by atoms with Gasteiger partial charge in [-0.1, -0.05) is 12.8 Å². The third kappa shape index (κ3) is 3.45. The van der Waals surface area contributed by atoms with Crippen LogP contribution >= 0.6 is 0 Å².